The van der Waals surface area contributed by atoms with Crippen LogP contribution < -0.4 is 10.1 Å². The number of anilines is 1. The molecule has 1 aliphatic rings. The molecule has 2 heterocycles. The van der Waals surface area contributed by atoms with E-state index in [-0.39, 0.29) is 11.9 Å². The number of carbonyl (C=O) groups is 1. The molecule has 138 valence electrons. The van der Waals surface area contributed by atoms with E-state index in [1.54, 1.807) is 11.3 Å². The highest BCUT2D eigenvalue weighted by molar-refractivity contribution is 7.09. The summed E-state index contributed by atoms with van der Waals surface area (Å²) in [6, 6.07) is 22.0. The van der Waals surface area contributed by atoms with Crippen LogP contribution in [0.2, 0.25) is 0 Å². The number of likely N-dealkylation sites (tertiary alicyclic amines) is 1. The van der Waals surface area contributed by atoms with Gasteiger partial charge >= 0.3 is 0 Å². The van der Waals surface area contributed by atoms with E-state index in [1.165, 1.54) is 4.88 Å². The zero-order valence-corrected chi connectivity index (χ0v) is 15.8. The predicted octanol–water partition coefficient (Wildman–Crippen LogP) is 4.65. The lowest BCUT2D eigenvalue weighted by molar-refractivity contribution is 0.0791. The van der Waals surface area contributed by atoms with Crippen molar-refractivity contribution in [2.75, 3.05) is 18.4 Å². The highest BCUT2D eigenvalue weighted by Gasteiger charge is 2.27. The maximum Gasteiger partial charge on any atom is 0.254 e. The molecule has 1 unspecified atom stereocenters. The lowest BCUT2D eigenvalue weighted by Gasteiger charge is -2.18. The first kappa shape index (κ1) is 17.6. The minimum atomic E-state index is 0.0638. The SMILES string of the molecule is O=C(c1cccc(OCc2cccs2)c1)N1CCC(Nc2ccccc2)C1. The zero-order valence-electron chi connectivity index (χ0n) is 15.0. The predicted molar refractivity (Wildman–Crippen MR) is 109 cm³/mol. The van der Waals surface area contributed by atoms with Gasteiger partial charge in [0.25, 0.3) is 5.91 Å². The van der Waals surface area contributed by atoms with Crippen molar-refractivity contribution in [3.05, 3.63) is 82.6 Å². The molecule has 3 aromatic rings. The van der Waals surface area contributed by atoms with Crippen LogP contribution >= 0.6 is 11.3 Å². The van der Waals surface area contributed by atoms with Crippen molar-refractivity contribution in [3.63, 3.8) is 0 Å². The van der Waals surface area contributed by atoms with Crippen molar-refractivity contribution in [2.45, 2.75) is 19.1 Å². The summed E-state index contributed by atoms with van der Waals surface area (Å²) in [5.41, 5.74) is 1.78. The first-order chi connectivity index (χ1) is 13.3. The molecule has 0 bridgehead atoms. The minimum Gasteiger partial charge on any atom is -0.488 e. The van der Waals surface area contributed by atoms with E-state index in [0.717, 1.165) is 24.4 Å². The van der Waals surface area contributed by atoms with Gasteiger partial charge in [0.2, 0.25) is 0 Å². The number of ether oxygens (including phenoxy) is 1. The van der Waals surface area contributed by atoms with Crippen molar-refractivity contribution >= 4 is 22.9 Å². The van der Waals surface area contributed by atoms with Gasteiger partial charge in [0.05, 0.1) is 0 Å². The van der Waals surface area contributed by atoms with Crippen molar-refractivity contribution in [3.8, 4) is 5.75 Å². The number of benzene rings is 2. The Morgan fingerprint density at radius 1 is 1.11 bits per heavy atom. The quantitative estimate of drug-likeness (QED) is 0.679. The van der Waals surface area contributed by atoms with Gasteiger partial charge in [-0.1, -0.05) is 30.3 Å². The summed E-state index contributed by atoms with van der Waals surface area (Å²) in [7, 11) is 0. The molecule has 5 heteroatoms. The number of thiophene rings is 1. The van der Waals surface area contributed by atoms with Crippen molar-refractivity contribution in [2.24, 2.45) is 0 Å². The number of carbonyl (C=O) groups excluding carboxylic acids is 1. The van der Waals surface area contributed by atoms with Gasteiger partial charge in [-0.15, -0.1) is 11.3 Å². The largest absolute Gasteiger partial charge is 0.488 e. The molecular formula is C22H22N2O2S. The number of para-hydroxylation sites is 1. The summed E-state index contributed by atoms with van der Waals surface area (Å²) in [5, 5.41) is 5.54. The van der Waals surface area contributed by atoms with Crippen LogP contribution in [0.1, 0.15) is 21.7 Å². The summed E-state index contributed by atoms with van der Waals surface area (Å²) >= 11 is 1.67. The normalized spacial score (nSPS) is 16.3. The molecule has 0 radical (unpaired) electrons. The molecule has 0 spiro atoms. The van der Waals surface area contributed by atoms with Crippen molar-refractivity contribution in [1.82, 2.24) is 4.90 Å². The molecule has 1 aliphatic heterocycles. The number of amides is 1. The van der Waals surface area contributed by atoms with E-state index >= 15 is 0 Å². The van der Waals surface area contributed by atoms with Gasteiger partial charge in [-0.25, -0.2) is 0 Å². The molecule has 4 rings (SSSR count). The molecular weight excluding hydrogens is 356 g/mol. The molecule has 1 aromatic heterocycles. The maximum atomic E-state index is 12.9. The Balaban J connectivity index is 1.36. The Morgan fingerprint density at radius 2 is 2.00 bits per heavy atom. The molecule has 0 aliphatic carbocycles. The average molecular weight is 378 g/mol. The second-order valence-electron chi connectivity index (χ2n) is 6.64. The summed E-state index contributed by atoms with van der Waals surface area (Å²) < 4.78 is 5.83. The first-order valence-electron chi connectivity index (χ1n) is 9.14. The summed E-state index contributed by atoms with van der Waals surface area (Å²) in [6.45, 7) is 2.01. The third kappa shape index (κ3) is 4.49. The highest BCUT2D eigenvalue weighted by Crippen LogP contribution is 2.21. The fourth-order valence-corrected chi connectivity index (χ4v) is 3.90. The second kappa shape index (κ2) is 8.27. The van der Waals surface area contributed by atoms with Gasteiger partial charge < -0.3 is 15.0 Å². The van der Waals surface area contributed by atoms with Gasteiger partial charge in [0, 0.05) is 35.3 Å². The highest BCUT2D eigenvalue weighted by atomic mass is 32.1. The first-order valence-corrected chi connectivity index (χ1v) is 10.0. The van der Waals surface area contributed by atoms with E-state index in [0.29, 0.717) is 18.7 Å². The molecule has 27 heavy (non-hydrogen) atoms. The molecule has 1 N–H and O–H groups in total. The second-order valence-corrected chi connectivity index (χ2v) is 7.68. The average Bonchev–Trinajstić information content (AvgIpc) is 3.39. The fraction of sp³-hybridized carbons (Fsp3) is 0.227. The van der Waals surface area contributed by atoms with E-state index in [9.17, 15) is 4.79 Å². The Bertz CT molecular complexity index is 880. The van der Waals surface area contributed by atoms with Gasteiger partial charge in [-0.3, -0.25) is 4.79 Å². The lowest BCUT2D eigenvalue weighted by atomic mass is 10.2. The van der Waals surface area contributed by atoms with Crippen molar-refractivity contribution in [1.29, 1.82) is 0 Å². The van der Waals surface area contributed by atoms with Crippen LogP contribution in [-0.4, -0.2) is 29.9 Å². The smallest absolute Gasteiger partial charge is 0.254 e. The van der Waals surface area contributed by atoms with Crippen LogP contribution in [0.3, 0.4) is 0 Å². The molecule has 4 nitrogen and oxygen atoms in total. The Labute approximate surface area is 163 Å². The Morgan fingerprint density at radius 3 is 2.81 bits per heavy atom. The van der Waals surface area contributed by atoms with Gasteiger partial charge in [0.15, 0.2) is 0 Å². The Kier molecular flexibility index (Phi) is 5.39. The van der Waals surface area contributed by atoms with Crippen LogP contribution in [0.4, 0.5) is 5.69 Å². The molecule has 1 saturated heterocycles. The summed E-state index contributed by atoms with van der Waals surface area (Å²) in [6.07, 6.45) is 0.954. The van der Waals surface area contributed by atoms with Crippen molar-refractivity contribution < 1.29 is 9.53 Å². The topological polar surface area (TPSA) is 41.6 Å². The molecule has 0 saturated carbocycles. The lowest BCUT2D eigenvalue weighted by Crippen LogP contribution is -2.31. The van der Waals surface area contributed by atoms with E-state index in [4.69, 9.17) is 4.74 Å². The standard InChI is InChI=1S/C22H22N2O2S/c25-22(24-12-11-19(15-24)23-18-7-2-1-3-8-18)17-6-4-9-20(14-17)26-16-21-10-5-13-27-21/h1-10,13-14,19,23H,11-12,15-16H2. The van der Waals surface area contributed by atoms with E-state index < -0.39 is 0 Å². The number of nitrogens with one attached hydrogen (secondary N) is 1. The summed E-state index contributed by atoms with van der Waals surface area (Å²) in [4.78, 5) is 16.0. The third-order valence-corrected chi connectivity index (χ3v) is 5.51. The van der Waals surface area contributed by atoms with Crippen LogP contribution in [0.15, 0.2) is 72.1 Å². The molecule has 1 atom stereocenters. The van der Waals surface area contributed by atoms with Crippen LogP contribution in [0.25, 0.3) is 0 Å². The van der Waals surface area contributed by atoms with Crippen LogP contribution in [0.5, 0.6) is 5.75 Å². The third-order valence-electron chi connectivity index (χ3n) is 4.66. The van der Waals surface area contributed by atoms with Crippen LogP contribution in [0, 0.1) is 0 Å². The van der Waals surface area contributed by atoms with Gasteiger partial charge in [-0.05, 0) is 48.2 Å². The molecule has 1 fully saturated rings. The van der Waals surface area contributed by atoms with Crippen LogP contribution in [-0.2, 0) is 6.61 Å². The number of nitrogens with zero attached hydrogens (tertiary/aromatic N) is 1. The number of rotatable bonds is 6. The zero-order chi connectivity index (χ0) is 18.5. The van der Waals surface area contributed by atoms with Gasteiger partial charge in [-0.2, -0.15) is 0 Å². The number of hydrogen-bond acceptors (Lipinski definition) is 4. The number of hydrogen-bond donors (Lipinski definition) is 1. The molecule has 2 aromatic carbocycles. The Hall–Kier alpha value is -2.79. The van der Waals surface area contributed by atoms with E-state index in [2.05, 4.69) is 17.4 Å². The summed E-state index contributed by atoms with van der Waals surface area (Å²) in [5.74, 6) is 0.793. The van der Waals surface area contributed by atoms with Gasteiger partial charge in [0.1, 0.15) is 12.4 Å². The maximum absolute atomic E-state index is 12.9. The monoisotopic (exact) mass is 378 g/mol. The molecule has 1 amide bonds. The minimum absolute atomic E-state index is 0.0638. The fourth-order valence-electron chi connectivity index (χ4n) is 3.28. The van der Waals surface area contributed by atoms with E-state index in [1.807, 2.05) is 64.9 Å².